The summed E-state index contributed by atoms with van der Waals surface area (Å²) in [5, 5.41) is 5.06. The summed E-state index contributed by atoms with van der Waals surface area (Å²) in [5.41, 5.74) is 3.37. The van der Waals surface area contributed by atoms with Gasteiger partial charge in [0.25, 0.3) is 5.91 Å². The quantitative estimate of drug-likeness (QED) is 0.751. The van der Waals surface area contributed by atoms with Gasteiger partial charge in [0.1, 0.15) is 0 Å². The molecule has 0 spiro atoms. The Labute approximate surface area is 134 Å². The Balaban J connectivity index is 1.93. The van der Waals surface area contributed by atoms with Crippen LogP contribution in [-0.2, 0) is 0 Å². The first-order valence-corrected chi connectivity index (χ1v) is 8.08. The molecule has 1 amide bonds. The van der Waals surface area contributed by atoms with Gasteiger partial charge in [0.05, 0.1) is 10.9 Å². The number of amides is 1. The first kappa shape index (κ1) is 14.5. The zero-order chi connectivity index (χ0) is 15.4. The molecule has 0 aliphatic rings. The minimum Gasteiger partial charge on any atom is -0.340 e. The lowest BCUT2D eigenvalue weighted by Gasteiger charge is -2.19. The van der Waals surface area contributed by atoms with Gasteiger partial charge in [-0.1, -0.05) is 66.2 Å². The lowest BCUT2D eigenvalue weighted by molar-refractivity contribution is 0.0947. The Morgan fingerprint density at radius 3 is 2.23 bits per heavy atom. The number of nitrogens with one attached hydrogen (secondary N) is 1. The Morgan fingerprint density at radius 2 is 1.59 bits per heavy atom. The highest BCUT2D eigenvalue weighted by molar-refractivity contribution is 7.12. The molecule has 0 saturated heterocycles. The van der Waals surface area contributed by atoms with Crippen molar-refractivity contribution in [3.05, 3.63) is 93.7 Å². The standard InChI is InChI=1S/C19H17NOS/c1-14-9-11-16(12-10-14)18(15-6-3-2-4-7-15)20-19(21)17-8-5-13-22-17/h2-13,18H,1H3,(H,20,21)/t18-/m0/s1. The van der Waals surface area contributed by atoms with Crippen molar-refractivity contribution in [2.75, 3.05) is 0 Å². The highest BCUT2D eigenvalue weighted by Gasteiger charge is 2.18. The molecule has 3 aromatic rings. The Bertz CT molecular complexity index is 733. The molecule has 0 aliphatic carbocycles. The van der Waals surface area contributed by atoms with Crippen molar-refractivity contribution >= 4 is 17.2 Å². The molecule has 0 aliphatic heterocycles. The molecule has 3 heteroatoms. The van der Waals surface area contributed by atoms with Gasteiger partial charge in [0.15, 0.2) is 0 Å². The largest absolute Gasteiger partial charge is 0.340 e. The first-order valence-electron chi connectivity index (χ1n) is 7.20. The van der Waals surface area contributed by atoms with Crippen LogP contribution in [-0.4, -0.2) is 5.91 Å². The van der Waals surface area contributed by atoms with Crippen molar-refractivity contribution in [3.63, 3.8) is 0 Å². The molecule has 2 aromatic carbocycles. The first-order chi connectivity index (χ1) is 10.7. The fourth-order valence-corrected chi connectivity index (χ4v) is 3.00. The smallest absolute Gasteiger partial charge is 0.262 e. The van der Waals surface area contributed by atoms with Crippen LogP contribution in [0.5, 0.6) is 0 Å². The van der Waals surface area contributed by atoms with E-state index in [4.69, 9.17) is 0 Å². The summed E-state index contributed by atoms with van der Waals surface area (Å²) >= 11 is 1.45. The molecule has 0 unspecified atom stereocenters. The van der Waals surface area contributed by atoms with Crippen LogP contribution < -0.4 is 5.32 Å². The highest BCUT2D eigenvalue weighted by atomic mass is 32.1. The van der Waals surface area contributed by atoms with Crippen molar-refractivity contribution in [2.24, 2.45) is 0 Å². The fraction of sp³-hybridized carbons (Fsp3) is 0.105. The lowest BCUT2D eigenvalue weighted by Crippen LogP contribution is -2.28. The number of aryl methyl sites for hydroxylation is 1. The predicted molar refractivity (Wildman–Crippen MR) is 91.2 cm³/mol. The third-order valence-corrected chi connectivity index (χ3v) is 4.43. The second kappa shape index (κ2) is 6.58. The molecule has 2 nitrogen and oxygen atoms in total. The maximum absolute atomic E-state index is 12.4. The Morgan fingerprint density at radius 1 is 0.909 bits per heavy atom. The second-order valence-electron chi connectivity index (χ2n) is 5.21. The summed E-state index contributed by atoms with van der Waals surface area (Å²) in [5.74, 6) is -0.0376. The maximum atomic E-state index is 12.4. The molecular weight excluding hydrogens is 290 g/mol. The van der Waals surface area contributed by atoms with E-state index >= 15 is 0 Å². The van der Waals surface area contributed by atoms with Crippen molar-refractivity contribution in [3.8, 4) is 0 Å². The number of benzene rings is 2. The van der Waals surface area contributed by atoms with Gasteiger partial charge in [-0.2, -0.15) is 0 Å². The van der Waals surface area contributed by atoms with E-state index in [0.717, 1.165) is 16.0 Å². The maximum Gasteiger partial charge on any atom is 0.262 e. The minimum atomic E-state index is -0.142. The van der Waals surface area contributed by atoms with Crippen molar-refractivity contribution in [1.29, 1.82) is 0 Å². The summed E-state index contributed by atoms with van der Waals surface area (Å²) in [6.07, 6.45) is 0. The average Bonchev–Trinajstić information content (AvgIpc) is 3.09. The molecular formula is C19H17NOS. The van der Waals surface area contributed by atoms with E-state index in [1.807, 2.05) is 47.8 Å². The molecule has 1 aromatic heterocycles. The monoisotopic (exact) mass is 307 g/mol. The Kier molecular flexibility index (Phi) is 4.35. The van der Waals surface area contributed by atoms with Crippen LogP contribution in [0.25, 0.3) is 0 Å². The van der Waals surface area contributed by atoms with Gasteiger partial charge in [-0.25, -0.2) is 0 Å². The zero-order valence-electron chi connectivity index (χ0n) is 12.3. The number of rotatable bonds is 4. The zero-order valence-corrected chi connectivity index (χ0v) is 13.1. The Hall–Kier alpha value is -2.39. The summed E-state index contributed by atoms with van der Waals surface area (Å²) < 4.78 is 0. The lowest BCUT2D eigenvalue weighted by atomic mass is 9.98. The van der Waals surface area contributed by atoms with Gasteiger partial charge in [-0.15, -0.1) is 11.3 Å². The number of carbonyl (C=O) groups excluding carboxylic acids is 1. The van der Waals surface area contributed by atoms with Gasteiger partial charge in [0.2, 0.25) is 0 Å². The van der Waals surface area contributed by atoms with Gasteiger partial charge < -0.3 is 5.32 Å². The molecule has 0 radical (unpaired) electrons. The number of thiophene rings is 1. The summed E-state index contributed by atoms with van der Waals surface area (Å²) in [7, 11) is 0. The molecule has 1 N–H and O–H groups in total. The van der Waals surface area contributed by atoms with Crippen LogP contribution in [0.2, 0.25) is 0 Å². The van der Waals surface area contributed by atoms with Crippen LogP contribution >= 0.6 is 11.3 Å². The van der Waals surface area contributed by atoms with Gasteiger partial charge >= 0.3 is 0 Å². The van der Waals surface area contributed by atoms with Crippen LogP contribution in [0.4, 0.5) is 0 Å². The van der Waals surface area contributed by atoms with Crippen molar-refractivity contribution < 1.29 is 4.79 Å². The molecule has 3 rings (SSSR count). The van der Waals surface area contributed by atoms with Gasteiger partial charge in [-0.3, -0.25) is 4.79 Å². The number of hydrogen-bond acceptors (Lipinski definition) is 2. The molecule has 1 atom stereocenters. The third-order valence-electron chi connectivity index (χ3n) is 3.56. The minimum absolute atomic E-state index is 0.0376. The van der Waals surface area contributed by atoms with E-state index in [9.17, 15) is 4.79 Å². The van der Waals surface area contributed by atoms with Gasteiger partial charge in [0, 0.05) is 0 Å². The normalized spacial score (nSPS) is 11.9. The molecule has 110 valence electrons. The molecule has 0 saturated carbocycles. The summed E-state index contributed by atoms with van der Waals surface area (Å²) in [6, 6.07) is 21.9. The SMILES string of the molecule is Cc1ccc([C@@H](NC(=O)c2cccs2)c2ccccc2)cc1. The van der Waals surface area contributed by atoms with Gasteiger partial charge in [-0.05, 0) is 29.5 Å². The molecule has 22 heavy (non-hydrogen) atoms. The van der Waals surface area contributed by atoms with E-state index in [0.29, 0.717) is 0 Å². The van der Waals surface area contributed by atoms with E-state index in [1.165, 1.54) is 16.9 Å². The summed E-state index contributed by atoms with van der Waals surface area (Å²) in [6.45, 7) is 2.06. The highest BCUT2D eigenvalue weighted by Crippen LogP contribution is 2.23. The second-order valence-corrected chi connectivity index (χ2v) is 6.15. The fourth-order valence-electron chi connectivity index (χ4n) is 2.37. The van der Waals surface area contributed by atoms with E-state index in [1.54, 1.807) is 0 Å². The van der Waals surface area contributed by atoms with Crippen LogP contribution in [0, 0.1) is 6.92 Å². The molecule has 1 heterocycles. The number of hydrogen-bond donors (Lipinski definition) is 1. The average molecular weight is 307 g/mol. The van der Waals surface area contributed by atoms with E-state index in [2.05, 4.69) is 36.5 Å². The topological polar surface area (TPSA) is 29.1 Å². The van der Waals surface area contributed by atoms with E-state index in [-0.39, 0.29) is 11.9 Å². The predicted octanol–water partition coefficient (Wildman–Crippen LogP) is 4.58. The van der Waals surface area contributed by atoms with Crippen LogP contribution in [0.3, 0.4) is 0 Å². The molecule has 0 fully saturated rings. The van der Waals surface area contributed by atoms with Crippen LogP contribution in [0.1, 0.15) is 32.4 Å². The number of carbonyl (C=O) groups is 1. The van der Waals surface area contributed by atoms with Crippen molar-refractivity contribution in [2.45, 2.75) is 13.0 Å². The summed E-state index contributed by atoms with van der Waals surface area (Å²) in [4.78, 5) is 13.2. The van der Waals surface area contributed by atoms with Crippen molar-refractivity contribution in [1.82, 2.24) is 5.32 Å². The van der Waals surface area contributed by atoms with E-state index < -0.39 is 0 Å². The van der Waals surface area contributed by atoms with Crippen LogP contribution in [0.15, 0.2) is 72.1 Å². The molecule has 0 bridgehead atoms. The third kappa shape index (κ3) is 3.26.